The summed E-state index contributed by atoms with van der Waals surface area (Å²) in [4.78, 5) is 12.2. The summed E-state index contributed by atoms with van der Waals surface area (Å²) in [6, 6.07) is 0. The molecule has 2 aliphatic rings. The molecule has 2 rings (SSSR count). The quantitative estimate of drug-likeness (QED) is 0.161. The van der Waals surface area contributed by atoms with E-state index >= 15 is 0 Å². The molecular weight excluding hydrogens is 424 g/mol. The van der Waals surface area contributed by atoms with Gasteiger partial charge < -0.3 is 59.8 Å². The van der Waals surface area contributed by atoms with Crippen LogP contribution in [0.15, 0.2) is 0 Å². The van der Waals surface area contributed by atoms with Crippen LogP contribution in [0, 0.1) is 5.92 Å². The number of esters is 1. The van der Waals surface area contributed by atoms with Crippen molar-refractivity contribution in [1.82, 2.24) is 0 Å². The van der Waals surface area contributed by atoms with E-state index in [2.05, 4.69) is 0 Å². The summed E-state index contributed by atoms with van der Waals surface area (Å²) < 4.78 is 21.2. The highest BCUT2D eigenvalue weighted by Gasteiger charge is 2.52. The second kappa shape index (κ2) is 11.2. The average molecular weight is 456 g/mol. The monoisotopic (exact) mass is 456 g/mol. The van der Waals surface area contributed by atoms with Crippen LogP contribution < -0.4 is 0 Å². The Morgan fingerprint density at radius 2 is 1.45 bits per heavy atom. The Morgan fingerprint density at radius 3 is 1.97 bits per heavy atom. The molecule has 13 heteroatoms. The number of aliphatic hydroxyl groups excluding tert-OH is 8. The molecule has 2 aliphatic heterocycles. The van der Waals surface area contributed by atoms with Crippen molar-refractivity contribution in [2.75, 3.05) is 19.8 Å². The Morgan fingerprint density at radius 1 is 0.839 bits per heavy atom. The van der Waals surface area contributed by atoms with Crippen molar-refractivity contribution in [3.8, 4) is 0 Å². The Bertz CT molecular complexity index is 571. The Balaban J connectivity index is 2.17. The van der Waals surface area contributed by atoms with Gasteiger partial charge in [-0.1, -0.05) is 0 Å². The molecule has 0 radical (unpaired) electrons. The van der Waals surface area contributed by atoms with Crippen molar-refractivity contribution in [3.05, 3.63) is 0 Å². The third-order valence-corrected chi connectivity index (χ3v) is 5.29. The summed E-state index contributed by atoms with van der Waals surface area (Å²) in [5.74, 6) is -2.24. The predicted molar refractivity (Wildman–Crippen MR) is 98.2 cm³/mol. The third-order valence-electron chi connectivity index (χ3n) is 5.29. The largest absolute Gasteiger partial charge is 0.463 e. The van der Waals surface area contributed by atoms with Crippen LogP contribution in [0.4, 0.5) is 0 Å². The minimum atomic E-state index is -1.79. The number of carbonyl (C=O) groups is 1. The van der Waals surface area contributed by atoms with Gasteiger partial charge >= 0.3 is 5.97 Å². The molecule has 13 nitrogen and oxygen atoms in total. The lowest BCUT2D eigenvalue weighted by Gasteiger charge is -2.47. The molecule has 0 saturated carbocycles. The standard InChI is InChI=1S/C18H32O13/c1-6(2)28-17(27)7(3-19)15-12(24)13(25)16(9(5-21)29-15)31-18-14(26)11(23)10(22)8(4-20)30-18/h6-16,18-26H,3-5H2,1-2H3/t7?,8-,9-,10+,11+,12-,13-,14-,15?,16-,18?/m1/s1. The Labute approximate surface area is 178 Å². The fourth-order valence-electron chi connectivity index (χ4n) is 3.58. The first-order chi connectivity index (χ1) is 14.6. The van der Waals surface area contributed by atoms with Gasteiger partial charge in [0.1, 0.15) is 60.9 Å². The lowest BCUT2D eigenvalue weighted by Crippen LogP contribution is -2.65. The average Bonchev–Trinajstić information content (AvgIpc) is 2.72. The van der Waals surface area contributed by atoms with Gasteiger partial charge in [-0.2, -0.15) is 0 Å². The summed E-state index contributed by atoms with van der Waals surface area (Å²) in [6.07, 6.45) is -16.4. The number of aliphatic hydroxyl groups is 8. The maximum Gasteiger partial charge on any atom is 0.314 e. The van der Waals surface area contributed by atoms with Gasteiger partial charge in [0.25, 0.3) is 0 Å². The molecule has 11 atom stereocenters. The van der Waals surface area contributed by atoms with Crippen molar-refractivity contribution < 1.29 is 64.6 Å². The lowest BCUT2D eigenvalue weighted by atomic mass is 9.87. The molecular formula is C18H32O13. The van der Waals surface area contributed by atoms with Gasteiger partial charge in [0.05, 0.1) is 25.9 Å². The molecule has 31 heavy (non-hydrogen) atoms. The fraction of sp³-hybridized carbons (Fsp3) is 0.944. The normalized spacial score (nSPS) is 42.4. The minimum absolute atomic E-state index is 0.511. The summed E-state index contributed by atoms with van der Waals surface area (Å²) in [5.41, 5.74) is 0. The van der Waals surface area contributed by atoms with E-state index in [-0.39, 0.29) is 0 Å². The van der Waals surface area contributed by atoms with E-state index < -0.39 is 99.0 Å². The molecule has 0 amide bonds. The van der Waals surface area contributed by atoms with Crippen molar-refractivity contribution >= 4 is 5.97 Å². The lowest BCUT2D eigenvalue weighted by molar-refractivity contribution is -0.344. The van der Waals surface area contributed by atoms with E-state index in [1.54, 1.807) is 13.8 Å². The Kier molecular flexibility index (Phi) is 9.54. The number of rotatable bonds is 8. The van der Waals surface area contributed by atoms with E-state index in [0.29, 0.717) is 0 Å². The predicted octanol–water partition coefficient (Wildman–Crippen LogP) is -4.79. The van der Waals surface area contributed by atoms with Crippen LogP contribution in [0.3, 0.4) is 0 Å². The van der Waals surface area contributed by atoms with Gasteiger partial charge in [0, 0.05) is 0 Å². The van der Waals surface area contributed by atoms with E-state index in [1.165, 1.54) is 0 Å². The summed E-state index contributed by atoms with van der Waals surface area (Å²) in [6.45, 7) is 0.940. The zero-order valence-electron chi connectivity index (χ0n) is 17.2. The molecule has 0 spiro atoms. The fourth-order valence-corrected chi connectivity index (χ4v) is 3.58. The third kappa shape index (κ3) is 5.69. The molecule has 0 aromatic heterocycles. The molecule has 2 fully saturated rings. The highest BCUT2D eigenvalue weighted by Crippen LogP contribution is 2.31. The number of carbonyl (C=O) groups excluding carboxylic acids is 1. The SMILES string of the molecule is CC(C)OC(=O)C(CO)C1O[C@H](CO)[C@@H](OC2O[C@H](CO)[C@H](O)[C@H](O)[C@H]2O)[C@H](O)[C@H]1O. The number of ether oxygens (including phenoxy) is 4. The smallest absolute Gasteiger partial charge is 0.314 e. The first-order valence-corrected chi connectivity index (χ1v) is 9.97. The molecule has 0 aliphatic carbocycles. The molecule has 182 valence electrons. The van der Waals surface area contributed by atoms with Gasteiger partial charge in [0.2, 0.25) is 0 Å². The highest BCUT2D eigenvalue weighted by molar-refractivity contribution is 5.73. The molecule has 0 aromatic rings. The summed E-state index contributed by atoms with van der Waals surface area (Å²) >= 11 is 0. The molecule has 2 saturated heterocycles. The van der Waals surface area contributed by atoms with Crippen LogP contribution in [-0.2, 0) is 23.7 Å². The van der Waals surface area contributed by atoms with Crippen LogP contribution in [0.5, 0.6) is 0 Å². The van der Waals surface area contributed by atoms with Crippen LogP contribution in [0.2, 0.25) is 0 Å². The molecule has 8 N–H and O–H groups in total. The maximum atomic E-state index is 12.2. The van der Waals surface area contributed by atoms with E-state index in [4.69, 9.17) is 18.9 Å². The molecule has 3 unspecified atom stereocenters. The van der Waals surface area contributed by atoms with Crippen molar-refractivity contribution in [1.29, 1.82) is 0 Å². The van der Waals surface area contributed by atoms with Crippen LogP contribution in [0.25, 0.3) is 0 Å². The van der Waals surface area contributed by atoms with Crippen LogP contribution in [-0.4, -0.2) is 134 Å². The second-order valence-corrected chi connectivity index (χ2v) is 7.88. The maximum absolute atomic E-state index is 12.2. The molecule has 2 heterocycles. The van der Waals surface area contributed by atoms with E-state index in [1.807, 2.05) is 0 Å². The van der Waals surface area contributed by atoms with Gasteiger partial charge in [-0.15, -0.1) is 0 Å². The Hall–Kier alpha value is -0.970. The summed E-state index contributed by atoms with van der Waals surface area (Å²) in [7, 11) is 0. The van der Waals surface area contributed by atoms with Gasteiger partial charge in [-0.05, 0) is 13.8 Å². The molecule has 0 aromatic carbocycles. The van der Waals surface area contributed by atoms with E-state index in [9.17, 15) is 45.6 Å². The minimum Gasteiger partial charge on any atom is -0.463 e. The van der Waals surface area contributed by atoms with Crippen LogP contribution in [0.1, 0.15) is 13.8 Å². The first kappa shape index (κ1) is 26.3. The van der Waals surface area contributed by atoms with Gasteiger partial charge in [0.15, 0.2) is 6.29 Å². The van der Waals surface area contributed by atoms with Crippen molar-refractivity contribution in [2.45, 2.75) is 81.2 Å². The first-order valence-electron chi connectivity index (χ1n) is 9.97. The zero-order valence-corrected chi connectivity index (χ0v) is 17.2. The number of hydrogen-bond donors (Lipinski definition) is 8. The van der Waals surface area contributed by atoms with Gasteiger partial charge in [-0.3, -0.25) is 4.79 Å². The second-order valence-electron chi connectivity index (χ2n) is 7.88. The van der Waals surface area contributed by atoms with Gasteiger partial charge in [-0.25, -0.2) is 0 Å². The summed E-state index contributed by atoms with van der Waals surface area (Å²) in [5, 5.41) is 79.5. The highest BCUT2D eigenvalue weighted by atomic mass is 16.7. The van der Waals surface area contributed by atoms with Crippen LogP contribution >= 0.6 is 0 Å². The van der Waals surface area contributed by atoms with Crippen molar-refractivity contribution in [3.63, 3.8) is 0 Å². The topological polar surface area (TPSA) is 216 Å². The molecule has 0 bridgehead atoms. The number of hydrogen-bond acceptors (Lipinski definition) is 13. The zero-order chi connectivity index (χ0) is 23.5. The van der Waals surface area contributed by atoms with Crippen molar-refractivity contribution in [2.24, 2.45) is 5.92 Å². The van der Waals surface area contributed by atoms with E-state index in [0.717, 1.165) is 0 Å².